The van der Waals surface area contributed by atoms with Crippen molar-refractivity contribution in [1.29, 1.82) is 0 Å². The highest BCUT2D eigenvalue weighted by molar-refractivity contribution is 5.65. The van der Waals surface area contributed by atoms with Gasteiger partial charge in [-0.3, -0.25) is 10.1 Å². The molecule has 2 atom stereocenters. The Kier molecular flexibility index (Phi) is 3.14. The van der Waals surface area contributed by atoms with Crippen molar-refractivity contribution < 1.29 is 4.92 Å². The third kappa shape index (κ3) is 2.42. The summed E-state index contributed by atoms with van der Waals surface area (Å²) in [6.07, 6.45) is 4.58. The van der Waals surface area contributed by atoms with Crippen molar-refractivity contribution in [2.24, 2.45) is 0 Å². The Morgan fingerprint density at radius 1 is 1.32 bits per heavy atom. The first kappa shape index (κ1) is 12.4. The number of fused-ring (bicyclic) bond motifs is 2. The summed E-state index contributed by atoms with van der Waals surface area (Å²) in [5, 5.41) is 18.2. The molecule has 0 aromatic heterocycles. The van der Waals surface area contributed by atoms with Gasteiger partial charge < -0.3 is 10.6 Å². The van der Waals surface area contributed by atoms with Gasteiger partial charge in [0.2, 0.25) is 0 Å². The van der Waals surface area contributed by atoms with Gasteiger partial charge in [0.05, 0.1) is 4.92 Å². The van der Waals surface area contributed by atoms with Crippen molar-refractivity contribution in [2.75, 3.05) is 5.32 Å². The van der Waals surface area contributed by atoms with Gasteiger partial charge >= 0.3 is 0 Å². The average molecular weight is 261 g/mol. The second-order valence-electron chi connectivity index (χ2n) is 5.68. The lowest BCUT2D eigenvalue weighted by atomic mass is 9.99. The van der Waals surface area contributed by atoms with E-state index in [1.54, 1.807) is 13.0 Å². The second-order valence-corrected chi connectivity index (χ2v) is 5.68. The van der Waals surface area contributed by atoms with Crippen molar-refractivity contribution >= 4 is 11.4 Å². The number of piperidine rings is 1. The molecule has 5 heteroatoms. The smallest absolute Gasteiger partial charge is 0.295 e. The Balaban J connectivity index is 1.80. The Hall–Kier alpha value is -1.62. The highest BCUT2D eigenvalue weighted by Crippen LogP contribution is 2.33. The monoisotopic (exact) mass is 261 g/mol. The minimum absolute atomic E-state index is 0.216. The number of anilines is 1. The van der Waals surface area contributed by atoms with Crippen LogP contribution in [0.5, 0.6) is 0 Å². The van der Waals surface area contributed by atoms with Gasteiger partial charge in [0.15, 0.2) is 0 Å². The Morgan fingerprint density at radius 2 is 2.00 bits per heavy atom. The standard InChI is InChI=1S/C14H19N3O2/c1-9-3-2-4-13(14(9)17(18)19)16-12-7-10-5-6-11(8-12)15-10/h2-4,10-12,15-16H,5-8H2,1H3. The maximum Gasteiger partial charge on any atom is 0.295 e. The summed E-state index contributed by atoms with van der Waals surface area (Å²) in [5.41, 5.74) is 1.59. The lowest BCUT2D eigenvalue weighted by molar-refractivity contribution is -0.384. The number of nitrogens with one attached hydrogen (secondary N) is 2. The Morgan fingerprint density at radius 3 is 2.63 bits per heavy atom. The lowest BCUT2D eigenvalue weighted by Gasteiger charge is -2.30. The highest BCUT2D eigenvalue weighted by Gasteiger charge is 2.34. The van der Waals surface area contributed by atoms with Gasteiger partial charge in [-0.15, -0.1) is 0 Å². The first-order valence-corrected chi connectivity index (χ1v) is 6.90. The number of rotatable bonds is 3. The average Bonchev–Trinajstić information content (AvgIpc) is 2.68. The predicted octanol–water partition coefficient (Wildman–Crippen LogP) is 2.60. The second kappa shape index (κ2) is 4.81. The molecule has 1 aromatic rings. The van der Waals surface area contributed by atoms with E-state index in [1.165, 1.54) is 12.8 Å². The number of para-hydroxylation sites is 1. The minimum atomic E-state index is -0.284. The molecule has 2 N–H and O–H groups in total. The van der Waals surface area contributed by atoms with E-state index in [-0.39, 0.29) is 10.6 Å². The molecule has 2 saturated heterocycles. The minimum Gasteiger partial charge on any atom is -0.377 e. The molecule has 0 saturated carbocycles. The molecule has 2 fully saturated rings. The van der Waals surface area contributed by atoms with Crippen LogP contribution >= 0.6 is 0 Å². The van der Waals surface area contributed by atoms with E-state index in [0.29, 0.717) is 29.4 Å². The molecule has 0 amide bonds. The fraction of sp³-hybridized carbons (Fsp3) is 0.571. The normalized spacial score (nSPS) is 29.2. The van der Waals surface area contributed by atoms with E-state index in [1.807, 2.05) is 12.1 Å². The molecule has 2 unspecified atom stereocenters. The van der Waals surface area contributed by atoms with Crippen LogP contribution < -0.4 is 10.6 Å². The molecule has 5 nitrogen and oxygen atoms in total. The zero-order valence-corrected chi connectivity index (χ0v) is 11.1. The van der Waals surface area contributed by atoms with Crippen LogP contribution in [0.2, 0.25) is 0 Å². The number of hydrogen-bond acceptors (Lipinski definition) is 4. The number of nitro groups is 1. The van der Waals surface area contributed by atoms with Crippen molar-refractivity contribution in [3.63, 3.8) is 0 Å². The van der Waals surface area contributed by atoms with Crippen molar-refractivity contribution in [3.8, 4) is 0 Å². The van der Waals surface area contributed by atoms with Crippen LogP contribution in [0.4, 0.5) is 11.4 Å². The maximum atomic E-state index is 11.2. The van der Waals surface area contributed by atoms with Crippen LogP contribution in [0.1, 0.15) is 31.2 Å². The molecule has 0 spiro atoms. The first-order valence-electron chi connectivity index (χ1n) is 6.90. The van der Waals surface area contributed by atoms with Gasteiger partial charge in [-0.1, -0.05) is 12.1 Å². The number of nitro benzene ring substituents is 1. The lowest BCUT2D eigenvalue weighted by Crippen LogP contribution is -2.43. The third-order valence-electron chi connectivity index (χ3n) is 4.25. The maximum absolute atomic E-state index is 11.2. The van der Waals surface area contributed by atoms with E-state index in [2.05, 4.69) is 10.6 Å². The predicted molar refractivity (Wildman–Crippen MR) is 74.4 cm³/mol. The Labute approximate surface area is 112 Å². The van der Waals surface area contributed by atoms with E-state index in [0.717, 1.165) is 12.8 Å². The third-order valence-corrected chi connectivity index (χ3v) is 4.25. The van der Waals surface area contributed by atoms with Crippen molar-refractivity contribution in [3.05, 3.63) is 33.9 Å². The SMILES string of the molecule is Cc1cccc(NC2CC3CCC(C2)N3)c1[N+](=O)[O-]. The Bertz CT molecular complexity index is 491. The topological polar surface area (TPSA) is 67.2 Å². The van der Waals surface area contributed by atoms with Crippen LogP contribution in [-0.4, -0.2) is 23.0 Å². The summed E-state index contributed by atoms with van der Waals surface area (Å²) in [7, 11) is 0. The van der Waals surface area contributed by atoms with E-state index in [9.17, 15) is 10.1 Å². The van der Waals surface area contributed by atoms with Crippen molar-refractivity contribution in [2.45, 2.75) is 50.7 Å². The fourth-order valence-electron chi connectivity index (χ4n) is 3.41. The quantitative estimate of drug-likeness (QED) is 0.648. The summed E-state index contributed by atoms with van der Waals surface area (Å²) in [5.74, 6) is 0. The van der Waals surface area contributed by atoms with Gasteiger partial charge in [0, 0.05) is 23.7 Å². The largest absolute Gasteiger partial charge is 0.377 e. The highest BCUT2D eigenvalue weighted by atomic mass is 16.6. The molecule has 1 aromatic carbocycles. The fourth-order valence-corrected chi connectivity index (χ4v) is 3.41. The van der Waals surface area contributed by atoms with Gasteiger partial charge in [0.1, 0.15) is 5.69 Å². The number of hydrogen-bond donors (Lipinski definition) is 2. The van der Waals surface area contributed by atoms with E-state index < -0.39 is 0 Å². The molecule has 2 heterocycles. The van der Waals surface area contributed by atoms with Crippen LogP contribution in [0.3, 0.4) is 0 Å². The summed E-state index contributed by atoms with van der Waals surface area (Å²) in [4.78, 5) is 10.9. The first-order chi connectivity index (χ1) is 9.13. The summed E-state index contributed by atoms with van der Waals surface area (Å²) in [6, 6.07) is 6.99. The zero-order valence-electron chi connectivity index (χ0n) is 11.1. The van der Waals surface area contributed by atoms with Gasteiger partial charge in [-0.05, 0) is 38.7 Å². The number of nitrogens with zero attached hydrogens (tertiary/aromatic N) is 1. The van der Waals surface area contributed by atoms with E-state index >= 15 is 0 Å². The molecule has 19 heavy (non-hydrogen) atoms. The molecule has 2 bridgehead atoms. The van der Waals surface area contributed by atoms with Crippen LogP contribution in [0.25, 0.3) is 0 Å². The molecular weight excluding hydrogens is 242 g/mol. The summed E-state index contributed by atoms with van der Waals surface area (Å²) < 4.78 is 0. The molecule has 2 aliphatic heterocycles. The van der Waals surface area contributed by atoms with Crippen LogP contribution in [-0.2, 0) is 0 Å². The van der Waals surface area contributed by atoms with Gasteiger partial charge in [-0.25, -0.2) is 0 Å². The van der Waals surface area contributed by atoms with E-state index in [4.69, 9.17) is 0 Å². The van der Waals surface area contributed by atoms with Crippen molar-refractivity contribution in [1.82, 2.24) is 5.32 Å². The molecule has 0 aliphatic carbocycles. The van der Waals surface area contributed by atoms with Gasteiger partial charge in [0.25, 0.3) is 5.69 Å². The van der Waals surface area contributed by atoms with Crippen LogP contribution in [0, 0.1) is 17.0 Å². The molecule has 3 rings (SSSR count). The van der Waals surface area contributed by atoms with Gasteiger partial charge in [-0.2, -0.15) is 0 Å². The molecule has 0 radical (unpaired) electrons. The molecule has 102 valence electrons. The molecular formula is C14H19N3O2. The summed E-state index contributed by atoms with van der Waals surface area (Å²) in [6.45, 7) is 1.79. The van der Waals surface area contributed by atoms with Crippen LogP contribution in [0.15, 0.2) is 18.2 Å². The molecule has 2 aliphatic rings. The number of benzene rings is 1. The number of aryl methyl sites for hydroxylation is 1. The zero-order chi connectivity index (χ0) is 13.4. The summed E-state index contributed by atoms with van der Waals surface area (Å²) >= 11 is 0.